The highest BCUT2D eigenvalue weighted by Gasteiger charge is 2.33. The van der Waals surface area contributed by atoms with Crippen molar-refractivity contribution in [3.05, 3.63) is 70.8 Å². The number of nitrogens with zero attached hydrogens (tertiary/aromatic N) is 1. The lowest BCUT2D eigenvalue weighted by atomic mass is 9.94. The first-order valence-corrected chi connectivity index (χ1v) is 12.3. The third kappa shape index (κ3) is 7.31. The van der Waals surface area contributed by atoms with Crippen molar-refractivity contribution in [3.63, 3.8) is 0 Å². The molecule has 1 unspecified atom stereocenters. The number of benzene rings is 2. The molecule has 2 aromatic rings. The predicted molar refractivity (Wildman–Crippen MR) is 136 cm³/mol. The number of hydrogen-bond acceptors (Lipinski definition) is 7. The molecule has 1 fully saturated rings. The van der Waals surface area contributed by atoms with Gasteiger partial charge < -0.3 is 24.4 Å². The first kappa shape index (κ1) is 27.7. The van der Waals surface area contributed by atoms with E-state index in [0.29, 0.717) is 18.5 Å². The van der Waals surface area contributed by atoms with E-state index in [1.807, 2.05) is 55.5 Å². The summed E-state index contributed by atoms with van der Waals surface area (Å²) in [5.74, 6) is -1.79. The number of hydrogen-bond donors (Lipinski definition) is 1. The molecule has 0 aromatic heterocycles. The number of carbonyl (C=O) groups excluding carboxylic acids is 4. The number of esters is 2. The molecule has 1 aliphatic heterocycles. The third-order valence-electron chi connectivity index (χ3n) is 6.42. The number of amides is 2. The molecule has 0 saturated carbocycles. The van der Waals surface area contributed by atoms with Crippen molar-refractivity contribution in [2.45, 2.75) is 64.8 Å². The van der Waals surface area contributed by atoms with E-state index in [-0.39, 0.29) is 18.7 Å². The molecule has 9 heteroatoms. The van der Waals surface area contributed by atoms with Crippen LogP contribution in [0.15, 0.2) is 48.5 Å². The van der Waals surface area contributed by atoms with Crippen molar-refractivity contribution >= 4 is 23.9 Å². The van der Waals surface area contributed by atoms with Crippen LogP contribution in [0.25, 0.3) is 0 Å². The molecule has 2 amide bonds. The van der Waals surface area contributed by atoms with Gasteiger partial charge in [0.05, 0.1) is 7.11 Å². The van der Waals surface area contributed by atoms with Crippen LogP contribution in [-0.4, -0.2) is 60.7 Å². The van der Waals surface area contributed by atoms with E-state index in [9.17, 15) is 19.2 Å². The molecule has 198 valence electrons. The SMILES string of the molecule is COC(=O)[C@@H](NC(=O)c1c(C)cccc1CC1CCCN1C(=O)OCc1ccccc1)[C@@H](C)OC(C)=O. The van der Waals surface area contributed by atoms with Crippen LogP contribution in [0.2, 0.25) is 0 Å². The Balaban J connectivity index is 1.75. The van der Waals surface area contributed by atoms with Crippen molar-refractivity contribution < 1.29 is 33.4 Å². The summed E-state index contributed by atoms with van der Waals surface area (Å²) in [6.45, 7) is 5.32. The molecule has 1 saturated heterocycles. The predicted octanol–water partition coefficient (Wildman–Crippen LogP) is 3.56. The number of rotatable bonds is 9. The fourth-order valence-corrected chi connectivity index (χ4v) is 4.61. The van der Waals surface area contributed by atoms with Crippen molar-refractivity contribution in [2.24, 2.45) is 0 Å². The molecule has 0 spiro atoms. The lowest BCUT2D eigenvalue weighted by Crippen LogP contribution is -2.50. The zero-order valence-electron chi connectivity index (χ0n) is 21.7. The van der Waals surface area contributed by atoms with Crippen LogP contribution in [0.4, 0.5) is 4.79 Å². The largest absolute Gasteiger partial charge is 0.467 e. The van der Waals surface area contributed by atoms with Crippen LogP contribution in [0.3, 0.4) is 0 Å². The van der Waals surface area contributed by atoms with E-state index >= 15 is 0 Å². The Morgan fingerprint density at radius 1 is 1.08 bits per heavy atom. The van der Waals surface area contributed by atoms with Crippen molar-refractivity contribution in [3.8, 4) is 0 Å². The highest BCUT2D eigenvalue weighted by Crippen LogP contribution is 2.25. The average molecular weight is 511 g/mol. The Kier molecular flexibility index (Phi) is 9.65. The van der Waals surface area contributed by atoms with Crippen LogP contribution in [-0.2, 0) is 36.8 Å². The maximum atomic E-state index is 13.4. The van der Waals surface area contributed by atoms with Crippen LogP contribution >= 0.6 is 0 Å². The van der Waals surface area contributed by atoms with Gasteiger partial charge in [-0.05, 0) is 49.8 Å². The molecule has 0 aliphatic carbocycles. The topological polar surface area (TPSA) is 111 Å². The Labute approximate surface area is 217 Å². The quantitative estimate of drug-likeness (QED) is 0.406. The van der Waals surface area contributed by atoms with Gasteiger partial charge in [-0.25, -0.2) is 9.59 Å². The number of carbonyl (C=O) groups is 4. The summed E-state index contributed by atoms with van der Waals surface area (Å²) in [5, 5.41) is 2.67. The Hall–Kier alpha value is -3.88. The molecule has 9 nitrogen and oxygen atoms in total. The summed E-state index contributed by atoms with van der Waals surface area (Å²) in [6.07, 6.45) is 0.761. The zero-order valence-corrected chi connectivity index (χ0v) is 21.7. The van der Waals surface area contributed by atoms with Crippen molar-refractivity contribution in [2.75, 3.05) is 13.7 Å². The summed E-state index contributed by atoms with van der Waals surface area (Å²) in [6, 6.07) is 13.7. The van der Waals surface area contributed by atoms with Gasteiger partial charge in [-0.3, -0.25) is 9.59 Å². The lowest BCUT2D eigenvalue weighted by molar-refractivity contribution is -0.154. The standard InChI is InChI=1S/C28H34N2O7/c1-18-10-8-13-22(24(18)26(32)29-25(27(33)35-4)19(2)37-20(3)31)16-23-14-9-15-30(23)28(34)36-17-21-11-6-5-7-12-21/h5-8,10-13,19,23,25H,9,14-17H2,1-4H3,(H,29,32)/t19-,23?,25+/m1/s1. The van der Waals surface area contributed by atoms with E-state index < -0.39 is 30.0 Å². The second kappa shape index (κ2) is 12.9. The van der Waals surface area contributed by atoms with Crippen molar-refractivity contribution in [1.82, 2.24) is 10.2 Å². The van der Waals surface area contributed by atoms with Gasteiger partial charge in [0.1, 0.15) is 12.7 Å². The van der Waals surface area contributed by atoms with Gasteiger partial charge in [-0.15, -0.1) is 0 Å². The van der Waals surface area contributed by atoms with Gasteiger partial charge >= 0.3 is 18.0 Å². The second-order valence-corrected chi connectivity index (χ2v) is 9.13. The molecular weight excluding hydrogens is 476 g/mol. The molecular formula is C28H34N2O7. The minimum absolute atomic E-state index is 0.131. The summed E-state index contributed by atoms with van der Waals surface area (Å²) in [4.78, 5) is 51.7. The second-order valence-electron chi connectivity index (χ2n) is 9.13. The van der Waals surface area contributed by atoms with Gasteiger partial charge in [0, 0.05) is 25.1 Å². The number of nitrogens with one attached hydrogen (secondary N) is 1. The number of likely N-dealkylation sites (tertiary alicyclic amines) is 1. The summed E-state index contributed by atoms with van der Waals surface area (Å²) in [7, 11) is 1.20. The molecule has 0 bridgehead atoms. The Morgan fingerprint density at radius 2 is 1.81 bits per heavy atom. The fraction of sp³-hybridized carbons (Fsp3) is 0.429. The smallest absolute Gasteiger partial charge is 0.410 e. The summed E-state index contributed by atoms with van der Waals surface area (Å²) >= 11 is 0. The van der Waals surface area contributed by atoms with Gasteiger partial charge in [0.25, 0.3) is 5.91 Å². The summed E-state index contributed by atoms with van der Waals surface area (Å²) < 4.78 is 15.5. The normalized spacial score (nSPS) is 16.4. The lowest BCUT2D eigenvalue weighted by Gasteiger charge is -2.26. The molecule has 1 aliphatic rings. The molecule has 3 rings (SSSR count). The van der Waals surface area contributed by atoms with E-state index in [4.69, 9.17) is 14.2 Å². The minimum atomic E-state index is -1.18. The number of aryl methyl sites for hydroxylation is 1. The zero-order chi connectivity index (χ0) is 26.9. The highest BCUT2D eigenvalue weighted by molar-refractivity contribution is 5.99. The van der Waals surface area contributed by atoms with E-state index in [0.717, 1.165) is 29.5 Å². The molecule has 1 N–H and O–H groups in total. The highest BCUT2D eigenvalue weighted by atomic mass is 16.6. The van der Waals surface area contributed by atoms with Crippen molar-refractivity contribution in [1.29, 1.82) is 0 Å². The Bertz CT molecular complexity index is 1120. The van der Waals surface area contributed by atoms with Crippen LogP contribution in [0.5, 0.6) is 0 Å². The summed E-state index contributed by atoms with van der Waals surface area (Å²) in [5.41, 5.74) is 2.78. The van der Waals surface area contributed by atoms with E-state index in [1.165, 1.54) is 21.0 Å². The number of ether oxygens (including phenoxy) is 3. The maximum absolute atomic E-state index is 13.4. The van der Waals surface area contributed by atoms with Crippen LogP contribution in [0.1, 0.15) is 53.7 Å². The van der Waals surface area contributed by atoms with E-state index in [1.54, 1.807) is 4.90 Å². The maximum Gasteiger partial charge on any atom is 0.410 e. The van der Waals surface area contributed by atoms with Crippen LogP contribution in [0, 0.1) is 6.92 Å². The van der Waals surface area contributed by atoms with Gasteiger partial charge in [0.15, 0.2) is 6.04 Å². The molecule has 0 radical (unpaired) electrons. The number of methoxy groups -OCH3 is 1. The van der Waals surface area contributed by atoms with Gasteiger partial charge in [-0.1, -0.05) is 48.5 Å². The molecule has 1 heterocycles. The van der Waals surface area contributed by atoms with Crippen LogP contribution < -0.4 is 5.32 Å². The van der Waals surface area contributed by atoms with Gasteiger partial charge in [-0.2, -0.15) is 0 Å². The van der Waals surface area contributed by atoms with Gasteiger partial charge in [0.2, 0.25) is 0 Å². The molecule has 37 heavy (non-hydrogen) atoms. The van der Waals surface area contributed by atoms with E-state index in [2.05, 4.69) is 5.32 Å². The average Bonchev–Trinajstić information content (AvgIpc) is 3.33. The minimum Gasteiger partial charge on any atom is -0.467 e. The molecule has 3 atom stereocenters. The first-order chi connectivity index (χ1) is 17.7. The third-order valence-corrected chi connectivity index (χ3v) is 6.42. The monoisotopic (exact) mass is 510 g/mol. The fourth-order valence-electron chi connectivity index (χ4n) is 4.61. The molecule has 2 aromatic carbocycles. The Morgan fingerprint density at radius 3 is 2.49 bits per heavy atom. The first-order valence-electron chi connectivity index (χ1n) is 12.3.